The van der Waals surface area contributed by atoms with Crippen LogP contribution in [0.4, 0.5) is 5.69 Å². The number of anilines is 1. The minimum atomic E-state index is -0.193. The summed E-state index contributed by atoms with van der Waals surface area (Å²) in [6.07, 6.45) is 4.85. The first-order valence-corrected chi connectivity index (χ1v) is 11.8. The van der Waals surface area contributed by atoms with Crippen molar-refractivity contribution in [1.29, 1.82) is 0 Å². The number of thioether (sulfide) groups is 1. The number of carbonyl (C=O) groups is 2. The first-order chi connectivity index (χ1) is 15.6. The Balaban J connectivity index is 1.35. The van der Waals surface area contributed by atoms with E-state index in [1.54, 1.807) is 12.1 Å². The molecular weight excluding hydrogens is 440 g/mol. The molecule has 32 heavy (non-hydrogen) atoms. The number of rotatable bonds is 3. The molecule has 1 aliphatic carbocycles. The topological polar surface area (TPSA) is 58.2 Å². The van der Waals surface area contributed by atoms with E-state index in [-0.39, 0.29) is 17.9 Å². The van der Waals surface area contributed by atoms with Gasteiger partial charge in [-0.25, -0.2) is 0 Å². The van der Waals surface area contributed by atoms with E-state index in [9.17, 15) is 9.59 Å². The van der Waals surface area contributed by atoms with Crippen LogP contribution in [-0.2, 0) is 11.2 Å². The molecule has 1 unspecified atom stereocenters. The van der Waals surface area contributed by atoms with Gasteiger partial charge in [-0.2, -0.15) is 0 Å². The number of fused-ring (bicyclic) bond motifs is 2. The third-order valence-electron chi connectivity index (χ3n) is 5.75. The van der Waals surface area contributed by atoms with Gasteiger partial charge in [0, 0.05) is 15.5 Å². The Morgan fingerprint density at radius 2 is 1.97 bits per heavy atom. The molecule has 1 atom stereocenters. The third kappa shape index (κ3) is 4.31. The zero-order valence-corrected chi connectivity index (χ0v) is 18.8. The van der Waals surface area contributed by atoms with Crippen LogP contribution in [-0.4, -0.2) is 11.8 Å². The van der Waals surface area contributed by atoms with E-state index in [0.29, 0.717) is 21.2 Å². The van der Waals surface area contributed by atoms with Crippen molar-refractivity contribution in [3.8, 4) is 0 Å². The molecule has 6 heteroatoms. The van der Waals surface area contributed by atoms with Crippen LogP contribution < -0.4 is 10.6 Å². The molecular formula is C26H21ClN2O2S. The summed E-state index contributed by atoms with van der Waals surface area (Å²) in [5.41, 5.74) is 4.55. The summed E-state index contributed by atoms with van der Waals surface area (Å²) in [4.78, 5) is 27.1. The van der Waals surface area contributed by atoms with Crippen molar-refractivity contribution < 1.29 is 9.59 Å². The minimum Gasteiger partial charge on any atom is -0.345 e. The van der Waals surface area contributed by atoms with Crippen LogP contribution in [0.1, 0.15) is 45.9 Å². The summed E-state index contributed by atoms with van der Waals surface area (Å²) in [6.45, 7) is 0. The van der Waals surface area contributed by atoms with E-state index in [4.69, 9.17) is 11.6 Å². The highest BCUT2D eigenvalue weighted by atomic mass is 35.5. The quantitative estimate of drug-likeness (QED) is 0.455. The van der Waals surface area contributed by atoms with Crippen molar-refractivity contribution in [3.05, 3.63) is 98.9 Å². The lowest BCUT2D eigenvalue weighted by Crippen LogP contribution is -2.31. The number of halogens is 1. The molecule has 1 aliphatic heterocycles. The number of hydrogen-bond donors (Lipinski definition) is 2. The Morgan fingerprint density at radius 1 is 1.09 bits per heavy atom. The van der Waals surface area contributed by atoms with Gasteiger partial charge in [-0.15, -0.1) is 0 Å². The highest BCUT2D eigenvalue weighted by molar-refractivity contribution is 8.04. The fourth-order valence-corrected chi connectivity index (χ4v) is 5.33. The molecule has 0 bridgehead atoms. The van der Waals surface area contributed by atoms with Crippen LogP contribution in [0.25, 0.3) is 6.08 Å². The summed E-state index contributed by atoms with van der Waals surface area (Å²) in [5.74, 6) is -0.324. The standard InChI is InChI=1S/C26H21ClN2O2S/c27-19-8-3-5-16(13-19)14-24-26(31)29-22-15-18(11-12-23(22)32-24)25(30)28-21-10-4-7-17-6-1-2-9-20(17)21/h1-3,5-6,8-9,11-15,21H,4,7,10H2,(H,28,30)(H,29,31). The lowest BCUT2D eigenvalue weighted by molar-refractivity contribution is -0.112. The summed E-state index contributed by atoms with van der Waals surface area (Å²) < 4.78 is 0. The van der Waals surface area contributed by atoms with Crippen LogP contribution in [0.2, 0.25) is 5.02 Å². The van der Waals surface area contributed by atoms with Gasteiger partial charge in [0.2, 0.25) is 0 Å². The van der Waals surface area contributed by atoms with Gasteiger partial charge >= 0.3 is 0 Å². The van der Waals surface area contributed by atoms with Gasteiger partial charge in [0.15, 0.2) is 0 Å². The molecule has 1 heterocycles. The maximum Gasteiger partial charge on any atom is 0.262 e. The lowest BCUT2D eigenvalue weighted by atomic mass is 9.87. The van der Waals surface area contributed by atoms with E-state index in [1.807, 2.05) is 48.5 Å². The van der Waals surface area contributed by atoms with Crippen LogP contribution in [0, 0.1) is 0 Å². The van der Waals surface area contributed by atoms with Crippen molar-refractivity contribution in [2.45, 2.75) is 30.2 Å². The maximum absolute atomic E-state index is 13.0. The second-order valence-electron chi connectivity index (χ2n) is 7.95. The largest absolute Gasteiger partial charge is 0.345 e. The Kier molecular flexibility index (Phi) is 5.77. The van der Waals surface area contributed by atoms with Crippen LogP contribution in [0.15, 0.2) is 76.5 Å². The predicted molar refractivity (Wildman–Crippen MR) is 130 cm³/mol. The Labute approximate surface area is 196 Å². The molecule has 2 aliphatic rings. The number of carbonyl (C=O) groups excluding carboxylic acids is 2. The highest BCUT2D eigenvalue weighted by Crippen LogP contribution is 2.39. The second kappa shape index (κ2) is 8.85. The zero-order valence-electron chi connectivity index (χ0n) is 17.2. The van der Waals surface area contributed by atoms with Gasteiger partial charge < -0.3 is 10.6 Å². The molecule has 0 fully saturated rings. The van der Waals surface area contributed by atoms with E-state index < -0.39 is 0 Å². The molecule has 3 aromatic rings. The number of amides is 2. The SMILES string of the molecule is O=C1Nc2cc(C(=O)NC3CCCc4ccccc43)ccc2SC1=Cc1cccc(Cl)c1. The van der Waals surface area contributed by atoms with E-state index in [0.717, 1.165) is 29.7 Å². The molecule has 0 spiro atoms. The first-order valence-electron chi connectivity index (χ1n) is 10.6. The molecule has 2 N–H and O–H groups in total. The Hall–Kier alpha value is -3.02. The average Bonchev–Trinajstić information content (AvgIpc) is 2.79. The molecule has 5 rings (SSSR count). The van der Waals surface area contributed by atoms with Crippen molar-refractivity contribution in [3.63, 3.8) is 0 Å². The number of aryl methyl sites for hydroxylation is 1. The molecule has 0 saturated heterocycles. The Morgan fingerprint density at radius 3 is 2.84 bits per heavy atom. The molecule has 0 aromatic heterocycles. The maximum atomic E-state index is 13.0. The van der Waals surface area contributed by atoms with Gasteiger partial charge in [-0.05, 0) is 72.4 Å². The summed E-state index contributed by atoms with van der Waals surface area (Å²) in [7, 11) is 0. The Bertz CT molecular complexity index is 1250. The van der Waals surface area contributed by atoms with Crippen molar-refractivity contribution in [2.75, 3.05) is 5.32 Å². The third-order valence-corrected chi connectivity index (χ3v) is 7.09. The fraction of sp³-hybridized carbons (Fsp3) is 0.154. The van der Waals surface area contributed by atoms with Gasteiger partial charge in [0.1, 0.15) is 0 Å². The summed E-state index contributed by atoms with van der Waals surface area (Å²) in [5, 5.41) is 6.71. The molecule has 3 aromatic carbocycles. The average molecular weight is 461 g/mol. The molecule has 0 radical (unpaired) electrons. The van der Waals surface area contributed by atoms with Gasteiger partial charge in [0.05, 0.1) is 16.6 Å². The predicted octanol–water partition coefficient (Wildman–Crippen LogP) is 6.23. The van der Waals surface area contributed by atoms with E-state index >= 15 is 0 Å². The first kappa shape index (κ1) is 20.9. The monoisotopic (exact) mass is 460 g/mol. The minimum absolute atomic E-state index is 0.0136. The van der Waals surface area contributed by atoms with Crippen LogP contribution in [0.5, 0.6) is 0 Å². The molecule has 0 saturated carbocycles. The van der Waals surface area contributed by atoms with E-state index in [1.165, 1.54) is 22.9 Å². The molecule has 160 valence electrons. The second-order valence-corrected chi connectivity index (χ2v) is 9.47. The van der Waals surface area contributed by atoms with Crippen molar-refractivity contribution in [2.24, 2.45) is 0 Å². The van der Waals surface area contributed by atoms with Crippen molar-refractivity contribution >= 4 is 46.9 Å². The molecule has 4 nitrogen and oxygen atoms in total. The van der Waals surface area contributed by atoms with Gasteiger partial charge in [0.25, 0.3) is 11.8 Å². The number of benzene rings is 3. The number of nitrogens with one attached hydrogen (secondary N) is 2. The zero-order chi connectivity index (χ0) is 22.1. The van der Waals surface area contributed by atoms with Gasteiger partial charge in [-0.1, -0.05) is 59.8 Å². The summed E-state index contributed by atoms with van der Waals surface area (Å²) >= 11 is 7.44. The van der Waals surface area contributed by atoms with Gasteiger partial charge in [-0.3, -0.25) is 9.59 Å². The van der Waals surface area contributed by atoms with Crippen LogP contribution in [0.3, 0.4) is 0 Å². The summed E-state index contributed by atoms with van der Waals surface area (Å²) in [6, 6.07) is 21.1. The fourth-order valence-electron chi connectivity index (χ4n) is 4.19. The van der Waals surface area contributed by atoms with Crippen molar-refractivity contribution in [1.82, 2.24) is 5.32 Å². The normalized spacial score (nSPS) is 18.5. The molecule has 2 amide bonds. The lowest BCUT2D eigenvalue weighted by Gasteiger charge is -2.26. The van der Waals surface area contributed by atoms with Crippen LogP contribution >= 0.6 is 23.4 Å². The smallest absolute Gasteiger partial charge is 0.262 e. The highest BCUT2D eigenvalue weighted by Gasteiger charge is 2.25. The van der Waals surface area contributed by atoms with E-state index in [2.05, 4.69) is 22.8 Å². The number of hydrogen-bond acceptors (Lipinski definition) is 3.